The summed E-state index contributed by atoms with van der Waals surface area (Å²) in [6, 6.07) is 11.9. The highest BCUT2D eigenvalue weighted by atomic mass is 19.1. The van der Waals surface area contributed by atoms with Crippen LogP contribution in [0.1, 0.15) is 21.5 Å². The van der Waals surface area contributed by atoms with Gasteiger partial charge in [0.05, 0.1) is 17.2 Å². The number of amides is 1. The number of benzene rings is 1. The lowest BCUT2D eigenvalue weighted by Crippen LogP contribution is -2.27. The summed E-state index contributed by atoms with van der Waals surface area (Å²) >= 11 is 0. The number of hydrogen-bond acceptors (Lipinski definition) is 3. The van der Waals surface area contributed by atoms with Crippen LogP contribution in [0.5, 0.6) is 0 Å². The molecule has 1 amide bonds. The van der Waals surface area contributed by atoms with E-state index in [4.69, 9.17) is 5.26 Å². The van der Waals surface area contributed by atoms with Gasteiger partial charge in [-0.2, -0.15) is 9.65 Å². The number of hydrogen-bond donors (Lipinski definition) is 0. The van der Waals surface area contributed by atoms with E-state index in [9.17, 15) is 9.18 Å². The third-order valence-electron chi connectivity index (χ3n) is 2.81. The van der Waals surface area contributed by atoms with E-state index in [0.717, 1.165) is 5.56 Å². The summed E-state index contributed by atoms with van der Waals surface area (Å²) in [6.07, 6.45) is 1.29. The molecule has 2 aromatic rings. The minimum Gasteiger partial charge on any atom is -0.337 e. The summed E-state index contributed by atoms with van der Waals surface area (Å²) < 4.78 is 13.5. The zero-order valence-electron chi connectivity index (χ0n) is 10.9. The average Bonchev–Trinajstić information content (AvgIpc) is 2.47. The molecule has 5 heteroatoms. The quantitative estimate of drug-likeness (QED) is 0.804. The Hall–Kier alpha value is -2.74. The number of carbonyl (C=O) groups is 1. The Labute approximate surface area is 116 Å². The Bertz CT molecular complexity index is 679. The molecule has 1 aromatic carbocycles. The zero-order valence-corrected chi connectivity index (χ0v) is 10.9. The molecule has 0 saturated carbocycles. The number of nitrogens with zero attached hydrogens (tertiary/aromatic N) is 3. The average molecular weight is 269 g/mol. The number of halogens is 1. The molecule has 20 heavy (non-hydrogen) atoms. The van der Waals surface area contributed by atoms with Crippen LogP contribution in [-0.4, -0.2) is 22.8 Å². The molecule has 0 atom stereocenters. The minimum atomic E-state index is -0.782. The van der Waals surface area contributed by atoms with Crippen LogP contribution in [-0.2, 0) is 6.54 Å². The van der Waals surface area contributed by atoms with Crippen molar-refractivity contribution in [1.29, 1.82) is 5.26 Å². The lowest BCUT2D eigenvalue weighted by molar-refractivity contribution is 0.0779. The molecule has 0 N–H and O–H groups in total. The van der Waals surface area contributed by atoms with Crippen molar-refractivity contribution in [3.8, 4) is 6.07 Å². The number of rotatable bonds is 3. The Kier molecular flexibility index (Phi) is 4.06. The van der Waals surface area contributed by atoms with Crippen LogP contribution in [0.2, 0.25) is 0 Å². The number of carbonyl (C=O) groups excluding carboxylic acids is 1. The van der Waals surface area contributed by atoms with E-state index in [-0.39, 0.29) is 5.56 Å². The van der Waals surface area contributed by atoms with Gasteiger partial charge in [0, 0.05) is 19.8 Å². The van der Waals surface area contributed by atoms with Crippen molar-refractivity contribution < 1.29 is 9.18 Å². The van der Waals surface area contributed by atoms with E-state index >= 15 is 0 Å². The Morgan fingerprint density at radius 1 is 1.40 bits per heavy atom. The molecule has 0 aliphatic carbocycles. The zero-order chi connectivity index (χ0) is 14.5. The highest BCUT2D eigenvalue weighted by Crippen LogP contribution is 2.11. The smallest absolute Gasteiger partial charge is 0.258 e. The van der Waals surface area contributed by atoms with Crippen LogP contribution < -0.4 is 0 Å². The second kappa shape index (κ2) is 5.93. The van der Waals surface area contributed by atoms with Crippen LogP contribution in [0.3, 0.4) is 0 Å². The summed E-state index contributed by atoms with van der Waals surface area (Å²) in [7, 11) is 1.58. The molecule has 0 aliphatic rings. The summed E-state index contributed by atoms with van der Waals surface area (Å²) in [5.41, 5.74) is 1.27. The van der Waals surface area contributed by atoms with Crippen molar-refractivity contribution in [3.05, 3.63) is 65.2 Å². The predicted molar refractivity (Wildman–Crippen MR) is 71.1 cm³/mol. The van der Waals surface area contributed by atoms with Gasteiger partial charge in [-0.3, -0.25) is 4.79 Å². The first-order valence-corrected chi connectivity index (χ1v) is 5.97. The minimum absolute atomic E-state index is 0.0635. The Morgan fingerprint density at radius 3 is 2.90 bits per heavy atom. The first-order valence-electron chi connectivity index (χ1n) is 5.97. The van der Waals surface area contributed by atoms with Gasteiger partial charge < -0.3 is 4.90 Å². The first-order chi connectivity index (χ1) is 9.61. The second-order valence-electron chi connectivity index (χ2n) is 4.32. The lowest BCUT2D eigenvalue weighted by atomic mass is 10.1. The fourth-order valence-electron chi connectivity index (χ4n) is 1.84. The largest absolute Gasteiger partial charge is 0.337 e. The van der Waals surface area contributed by atoms with E-state index in [1.807, 2.05) is 12.1 Å². The lowest BCUT2D eigenvalue weighted by Gasteiger charge is -2.17. The standard InChI is InChI=1S/C15H12FN3O/c1-19(10-12-5-2-4-11(8-12)9-17)15(20)13-6-3-7-18-14(13)16/h2-8H,10H2,1H3. The monoisotopic (exact) mass is 269 g/mol. The molecule has 0 spiro atoms. The topological polar surface area (TPSA) is 57.0 Å². The summed E-state index contributed by atoms with van der Waals surface area (Å²) in [5, 5.41) is 8.83. The molecule has 1 aromatic heterocycles. The fourth-order valence-corrected chi connectivity index (χ4v) is 1.84. The van der Waals surface area contributed by atoms with Gasteiger partial charge in [-0.15, -0.1) is 0 Å². The van der Waals surface area contributed by atoms with Gasteiger partial charge in [-0.25, -0.2) is 4.98 Å². The number of pyridine rings is 1. The third-order valence-corrected chi connectivity index (χ3v) is 2.81. The SMILES string of the molecule is CN(Cc1cccc(C#N)c1)C(=O)c1cccnc1F. The fraction of sp³-hybridized carbons (Fsp3) is 0.133. The Morgan fingerprint density at radius 2 is 2.20 bits per heavy atom. The summed E-state index contributed by atoms with van der Waals surface area (Å²) in [5.74, 6) is -1.23. The van der Waals surface area contributed by atoms with Crippen LogP contribution in [0, 0.1) is 17.3 Å². The molecular weight excluding hydrogens is 257 g/mol. The van der Waals surface area contributed by atoms with Crippen molar-refractivity contribution in [2.45, 2.75) is 6.54 Å². The maximum absolute atomic E-state index is 13.5. The van der Waals surface area contributed by atoms with E-state index in [2.05, 4.69) is 4.98 Å². The predicted octanol–water partition coefficient (Wildman–Crippen LogP) is 2.36. The van der Waals surface area contributed by atoms with Crippen molar-refractivity contribution in [2.75, 3.05) is 7.05 Å². The molecule has 0 bridgehead atoms. The van der Waals surface area contributed by atoms with Crippen molar-refractivity contribution in [1.82, 2.24) is 9.88 Å². The van der Waals surface area contributed by atoms with E-state index in [1.165, 1.54) is 23.2 Å². The van der Waals surface area contributed by atoms with Gasteiger partial charge in [0.25, 0.3) is 5.91 Å². The third kappa shape index (κ3) is 2.98. The molecule has 0 aliphatic heterocycles. The maximum atomic E-state index is 13.5. The van der Waals surface area contributed by atoms with Gasteiger partial charge in [0.2, 0.25) is 5.95 Å². The highest BCUT2D eigenvalue weighted by molar-refractivity contribution is 5.93. The van der Waals surface area contributed by atoms with Crippen molar-refractivity contribution in [2.24, 2.45) is 0 Å². The van der Waals surface area contributed by atoms with E-state index in [0.29, 0.717) is 12.1 Å². The van der Waals surface area contributed by atoms with Gasteiger partial charge in [-0.05, 0) is 29.8 Å². The summed E-state index contributed by atoms with van der Waals surface area (Å²) in [6.45, 7) is 0.294. The molecule has 4 nitrogen and oxygen atoms in total. The molecular formula is C15H12FN3O. The van der Waals surface area contributed by atoms with E-state index < -0.39 is 11.9 Å². The van der Waals surface area contributed by atoms with Gasteiger partial charge in [0.1, 0.15) is 0 Å². The van der Waals surface area contributed by atoms with Gasteiger partial charge in [0.15, 0.2) is 0 Å². The van der Waals surface area contributed by atoms with Crippen LogP contribution in [0.25, 0.3) is 0 Å². The van der Waals surface area contributed by atoms with Crippen LogP contribution in [0.15, 0.2) is 42.6 Å². The molecule has 0 fully saturated rings. The summed E-state index contributed by atoms with van der Waals surface area (Å²) in [4.78, 5) is 17.0. The van der Waals surface area contributed by atoms with Gasteiger partial charge in [-0.1, -0.05) is 12.1 Å². The van der Waals surface area contributed by atoms with E-state index in [1.54, 1.807) is 25.2 Å². The first kappa shape index (κ1) is 13.7. The molecule has 0 saturated heterocycles. The second-order valence-corrected chi connectivity index (χ2v) is 4.32. The normalized spacial score (nSPS) is 9.85. The Balaban J connectivity index is 2.16. The molecule has 1 heterocycles. The maximum Gasteiger partial charge on any atom is 0.258 e. The molecule has 0 unspecified atom stereocenters. The molecule has 0 radical (unpaired) electrons. The van der Waals surface area contributed by atoms with Crippen LogP contribution in [0.4, 0.5) is 4.39 Å². The van der Waals surface area contributed by atoms with Gasteiger partial charge >= 0.3 is 0 Å². The highest BCUT2D eigenvalue weighted by Gasteiger charge is 2.16. The van der Waals surface area contributed by atoms with Crippen molar-refractivity contribution >= 4 is 5.91 Å². The van der Waals surface area contributed by atoms with Crippen molar-refractivity contribution in [3.63, 3.8) is 0 Å². The molecule has 2 rings (SSSR count). The number of aromatic nitrogens is 1. The van der Waals surface area contributed by atoms with Crippen LogP contribution >= 0.6 is 0 Å². The molecule has 100 valence electrons. The number of nitriles is 1.